The van der Waals surface area contributed by atoms with Crippen molar-refractivity contribution in [2.24, 2.45) is 0 Å². The summed E-state index contributed by atoms with van der Waals surface area (Å²) in [6, 6.07) is 12.8. The van der Waals surface area contributed by atoms with E-state index in [0.29, 0.717) is 33.4 Å². The van der Waals surface area contributed by atoms with Gasteiger partial charge in [-0.25, -0.2) is 9.18 Å². The molecule has 0 saturated heterocycles. The Morgan fingerprint density at radius 2 is 1.81 bits per heavy atom. The van der Waals surface area contributed by atoms with E-state index in [2.05, 4.69) is 5.32 Å². The Morgan fingerprint density at radius 3 is 2.44 bits per heavy atom. The van der Waals surface area contributed by atoms with Crippen molar-refractivity contribution in [2.45, 2.75) is 13.0 Å². The number of carbonyl (C=O) groups is 1. The second kappa shape index (κ2) is 7.75. The summed E-state index contributed by atoms with van der Waals surface area (Å²) in [7, 11) is 2.89. The number of halogens is 1. The molecule has 2 aromatic rings. The summed E-state index contributed by atoms with van der Waals surface area (Å²) in [5, 5.41) is 3.57. The third-order valence-corrected chi connectivity index (χ3v) is 4.72. The standard InChI is InChI=1S/C20H19FN2O3S/c1-12-17(19(24)26-3)18(13-8-10-14(21)11-9-13)22-20(27)23(12)15-6-4-5-7-16(15)25-2/h4-11,18H,1-3H3,(H,22,27). The fourth-order valence-corrected chi connectivity index (χ4v) is 3.48. The summed E-state index contributed by atoms with van der Waals surface area (Å²) in [6.45, 7) is 1.79. The molecule has 1 atom stereocenters. The molecule has 140 valence electrons. The maximum atomic E-state index is 13.3. The maximum Gasteiger partial charge on any atom is 0.337 e. The van der Waals surface area contributed by atoms with E-state index in [0.717, 1.165) is 0 Å². The third-order valence-electron chi connectivity index (χ3n) is 4.42. The Hall–Kier alpha value is -2.93. The Morgan fingerprint density at radius 1 is 1.15 bits per heavy atom. The van der Waals surface area contributed by atoms with Gasteiger partial charge < -0.3 is 14.8 Å². The van der Waals surface area contributed by atoms with Gasteiger partial charge in [0.05, 0.1) is 31.5 Å². The van der Waals surface area contributed by atoms with Gasteiger partial charge in [0.25, 0.3) is 0 Å². The largest absolute Gasteiger partial charge is 0.495 e. The van der Waals surface area contributed by atoms with Gasteiger partial charge in [0.1, 0.15) is 11.6 Å². The second-order valence-electron chi connectivity index (χ2n) is 5.93. The van der Waals surface area contributed by atoms with Gasteiger partial charge in [-0.05, 0) is 49.0 Å². The minimum Gasteiger partial charge on any atom is -0.495 e. The van der Waals surface area contributed by atoms with Gasteiger partial charge in [-0.15, -0.1) is 0 Å². The quantitative estimate of drug-likeness (QED) is 0.639. The number of allylic oxidation sites excluding steroid dienone is 1. The van der Waals surface area contributed by atoms with Crippen molar-refractivity contribution < 1.29 is 18.7 Å². The molecule has 0 radical (unpaired) electrons. The van der Waals surface area contributed by atoms with Crippen molar-refractivity contribution in [3.05, 3.63) is 71.2 Å². The average molecular weight is 386 g/mol. The summed E-state index contributed by atoms with van der Waals surface area (Å²) in [5.41, 5.74) is 2.42. The number of esters is 1. The number of anilines is 1. The van der Waals surface area contributed by atoms with Crippen LogP contribution in [0.3, 0.4) is 0 Å². The van der Waals surface area contributed by atoms with Crippen LogP contribution in [0.4, 0.5) is 10.1 Å². The van der Waals surface area contributed by atoms with Crippen molar-refractivity contribution in [1.82, 2.24) is 5.32 Å². The van der Waals surface area contributed by atoms with Gasteiger partial charge >= 0.3 is 5.97 Å². The van der Waals surface area contributed by atoms with Crippen LogP contribution in [0, 0.1) is 5.82 Å². The van der Waals surface area contributed by atoms with E-state index in [1.54, 1.807) is 31.1 Å². The van der Waals surface area contributed by atoms with E-state index in [4.69, 9.17) is 21.7 Å². The number of nitrogens with zero attached hydrogens (tertiary/aromatic N) is 1. The van der Waals surface area contributed by atoms with Gasteiger partial charge in [0, 0.05) is 5.70 Å². The molecule has 7 heteroatoms. The van der Waals surface area contributed by atoms with E-state index >= 15 is 0 Å². The zero-order chi connectivity index (χ0) is 19.6. The number of rotatable bonds is 4. The summed E-state index contributed by atoms with van der Waals surface area (Å²) in [6.07, 6.45) is 0. The first-order valence-electron chi connectivity index (χ1n) is 8.26. The van der Waals surface area contributed by atoms with Crippen LogP contribution in [0.15, 0.2) is 59.8 Å². The lowest BCUT2D eigenvalue weighted by molar-refractivity contribution is -0.136. The van der Waals surface area contributed by atoms with Gasteiger partial charge in [0.2, 0.25) is 0 Å². The first-order valence-corrected chi connectivity index (χ1v) is 8.67. The average Bonchev–Trinajstić information content (AvgIpc) is 2.68. The Bertz CT molecular complexity index is 912. The Labute approximate surface area is 162 Å². The highest BCUT2D eigenvalue weighted by atomic mass is 32.1. The minimum absolute atomic E-state index is 0.354. The number of ether oxygens (including phenoxy) is 2. The van der Waals surface area contributed by atoms with Crippen molar-refractivity contribution in [3.63, 3.8) is 0 Å². The predicted molar refractivity (Wildman–Crippen MR) is 105 cm³/mol. The monoisotopic (exact) mass is 386 g/mol. The molecule has 0 amide bonds. The van der Waals surface area contributed by atoms with Crippen LogP contribution in [0.2, 0.25) is 0 Å². The summed E-state index contributed by atoms with van der Waals surface area (Å²) < 4.78 is 23.8. The predicted octanol–water partition coefficient (Wildman–Crippen LogP) is 3.72. The minimum atomic E-state index is -0.545. The topological polar surface area (TPSA) is 50.8 Å². The van der Waals surface area contributed by atoms with E-state index in [9.17, 15) is 9.18 Å². The highest BCUT2D eigenvalue weighted by Crippen LogP contribution is 2.37. The lowest BCUT2D eigenvalue weighted by atomic mass is 9.94. The van der Waals surface area contributed by atoms with E-state index < -0.39 is 12.0 Å². The van der Waals surface area contributed by atoms with Gasteiger partial charge in [0.15, 0.2) is 5.11 Å². The fraction of sp³-hybridized carbons (Fsp3) is 0.200. The Kier molecular flexibility index (Phi) is 5.41. The Balaban J connectivity index is 2.16. The molecule has 1 N–H and O–H groups in total. The molecular formula is C20H19FN2O3S. The molecule has 0 spiro atoms. The van der Waals surface area contributed by atoms with Crippen LogP contribution in [-0.4, -0.2) is 25.3 Å². The summed E-state index contributed by atoms with van der Waals surface area (Å²) >= 11 is 5.57. The van der Waals surface area contributed by atoms with Crippen LogP contribution in [-0.2, 0) is 9.53 Å². The zero-order valence-electron chi connectivity index (χ0n) is 15.2. The molecule has 27 heavy (non-hydrogen) atoms. The highest BCUT2D eigenvalue weighted by molar-refractivity contribution is 7.80. The summed E-state index contributed by atoms with van der Waals surface area (Å²) in [5.74, 6) is -0.227. The molecule has 0 bridgehead atoms. The first-order chi connectivity index (χ1) is 13.0. The number of methoxy groups -OCH3 is 2. The van der Waals surface area contributed by atoms with Crippen LogP contribution in [0.5, 0.6) is 5.75 Å². The first kappa shape index (κ1) is 18.8. The van der Waals surface area contributed by atoms with Crippen molar-refractivity contribution in [2.75, 3.05) is 19.1 Å². The molecule has 1 aliphatic rings. The molecule has 2 aromatic carbocycles. The molecular weight excluding hydrogens is 367 g/mol. The molecule has 0 fully saturated rings. The number of hydrogen-bond donors (Lipinski definition) is 1. The van der Waals surface area contributed by atoms with E-state index in [1.807, 2.05) is 24.3 Å². The normalized spacial score (nSPS) is 16.8. The second-order valence-corrected chi connectivity index (χ2v) is 6.32. The lowest BCUT2D eigenvalue weighted by Crippen LogP contribution is -2.48. The molecule has 1 unspecified atom stereocenters. The summed E-state index contributed by atoms with van der Waals surface area (Å²) in [4.78, 5) is 14.3. The van der Waals surface area contributed by atoms with Gasteiger partial charge in [-0.3, -0.25) is 4.90 Å². The van der Waals surface area contributed by atoms with Crippen LogP contribution in [0.25, 0.3) is 0 Å². The molecule has 1 aliphatic heterocycles. The smallest absolute Gasteiger partial charge is 0.337 e. The number of carbonyl (C=O) groups excluding carboxylic acids is 1. The number of para-hydroxylation sites is 2. The van der Waals surface area contributed by atoms with Crippen molar-refractivity contribution in [1.29, 1.82) is 0 Å². The number of nitrogens with one attached hydrogen (secondary N) is 1. The van der Waals surface area contributed by atoms with E-state index in [-0.39, 0.29) is 5.82 Å². The molecule has 0 aliphatic carbocycles. The van der Waals surface area contributed by atoms with Crippen molar-refractivity contribution >= 4 is 29.0 Å². The SMILES string of the molecule is COC(=O)C1=C(C)N(c2ccccc2OC)C(=S)NC1c1ccc(F)cc1. The molecule has 3 rings (SSSR count). The molecule has 0 saturated carbocycles. The third kappa shape index (κ3) is 3.50. The zero-order valence-corrected chi connectivity index (χ0v) is 16.0. The van der Waals surface area contributed by atoms with Crippen LogP contribution < -0.4 is 15.0 Å². The number of hydrogen-bond acceptors (Lipinski definition) is 4. The fourth-order valence-electron chi connectivity index (χ4n) is 3.13. The lowest BCUT2D eigenvalue weighted by Gasteiger charge is -2.37. The van der Waals surface area contributed by atoms with Gasteiger partial charge in [-0.1, -0.05) is 24.3 Å². The molecule has 1 heterocycles. The van der Waals surface area contributed by atoms with Crippen LogP contribution in [0.1, 0.15) is 18.5 Å². The number of benzene rings is 2. The van der Waals surface area contributed by atoms with Crippen LogP contribution >= 0.6 is 12.2 Å². The van der Waals surface area contributed by atoms with Gasteiger partial charge in [-0.2, -0.15) is 0 Å². The maximum absolute atomic E-state index is 13.3. The van der Waals surface area contributed by atoms with Crippen molar-refractivity contribution in [3.8, 4) is 5.75 Å². The number of thiocarbonyl (C=S) groups is 1. The molecule has 0 aromatic heterocycles. The highest BCUT2D eigenvalue weighted by Gasteiger charge is 2.36. The van der Waals surface area contributed by atoms with E-state index in [1.165, 1.54) is 19.2 Å². The molecule has 5 nitrogen and oxygen atoms in total.